The van der Waals surface area contributed by atoms with Crippen LogP contribution in [0.5, 0.6) is 11.6 Å². The number of aromatic nitrogens is 2. The van der Waals surface area contributed by atoms with Crippen molar-refractivity contribution >= 4 is 6.21 Å². The first kappa shape index (κ1) is 23.5. The lowest BCUT2D eigenvalue weighted by Gasteiger charge is -2.13. The van der Waals surface area contributed by atoms with E-state index in [4.69, 9.17) is 9.47 Å². The van der Waals surface area contributed by atoms with E-state index in [-0.39, 0.29) is 0 Å². The van der Waals surface area contributed by atoms with Gasteiger partial charge in [-0.15, -0.1) is 0 Å². The van der Waals surface area contributed by atoms with Crippen LogP contribution in [0.4, 0.5) is 0 Å². The van der Waals surface area contributed by atoms with Crippen molar-refractivity contribution in [3.05, 3.63) is 52.7 Å². The fourth-order valence-electron chi connectivity index (χ4n) is 3.38. The Labute approximate surface area is 180 Å². The maximum atomic E-state index is 5.83. The number of oxime groups is 1. The molecule has 1 aromatic carbocycles. The number of rotatable bonds is 13. The number of ether oxygens (including phenoxy) is 2. The first-order valence-electron chi connectivity index (χ1n) is 10.6. The minimum Gasteiger partial charge on any atom is -0.490 e. The summed E-state index contributed by atoms with van der Waals surface area (Å²) < 4.78 is 13.3. The number of benzene rings is 1. The van der Waals surface area contributed by atoms with Gasteiger partial charge < -0.3 is 14.3 Å². The van der Waals surface area contributed by atoms with Gasteiger partial charge in [0, 0.05) is 13.1 Å². The molecule has 30 heavy (non-hydrogen) atoms. The molecule has 0 saturated heterocycles. The summed E-state index contributed by atoms with van der Waals surface area (Å²) in [5.74, 6) is 1.70. The van der Waals surface area contributed by atoms with Crippen molar-refractivity contribution in [2.45, 2.75) is 52.9 Å². The molecule has 6 heteroatoms. The van der Waals surface area contributed by atoms with Gasteiger partial charge >= 0.3 is 0 Å². The predicted molar refractivity (Wildman–Crippen MR) is 122 cm³/mol. The molecule has 0 atom stereocenters. The molecule has 0 aliphatic rings. The Kier molecular flexibility index (Phi) is 9.98. The number of unbranched alkanes of at least 4 members (excludes halogenated alkanes) is 3. The molecule has 0 aliphatic carbocycles. The lowest BCUT2D eigenvalue weighted by molar-refractivity contribution is 0.215. The SMILES string of the molecule is C/C=C/COc1cc(C)c(CCCCCCOc2cc(/C=N/OC)nn2C)c(C)c1. The lowest BCUT2D eigenvalue weighted by Crippen LogP contribution is -2.02. The number of hydrogen-bond acceptors (Lipinski definition) is 5. The Morgan fingerprint density at radius 2 is 1.77 bits per heavy atom. The molecule has 0 N–H and O–H groups in total. The maximum Gasteiger partial charge on any atom is 0.212 e. The second kappa shape index (κ2) is 12.7. The highest BCUT2D eigenvalue weighted by Crippen LogP contribution is 2.24. The van der Waals surface area contributed by atoms with Crippen LogP contribution in [0.3, 0.4) is 0 Å². The van der Waals surface area contributed by atoms with Crippen LogP contribution in [-0.2, 0) is 18.3 Å². The fraction of sp³-hybridized carbons (Fsp3) is 0.500. The normalized spacial score (nSPS) is 11.5. The maximum absolute atomic E-state index is 5.83. The molecule has 2 rings (SSSR count). The summed E-state index contributed by atoms with van der Waals surface area (Å²) in [5, 5.41) is 8.02. The summed E-state index contributed by atoms with van der Waals surface area (Å²) in [6, 6.07) is 6.17. The van der Waals surface area contributed by atoms with Crippen molar-refractivity contribution in [3.8, 4) is 11.6 Å². The number of allylic oxidation sites excluding steroid dienone is 1. The molecular formula is C24H35N3O3. The van der Waals surface area contributed by atoms with Crippen LogP contribution in [0.15, 0.2) is 35.5 Å². The van der Waals surface area contributed by atoms with Crippen molar-refractivity contribution in [2.24, 2.45) is 12.2 Å². The Morgan fingerprint density at radius 3 is 2.47 bits per heavy atom. The van der Waals surface area contributed by atoms with Gasteiger partial charge in [-0.25, -0.2) is 4.68 Å². The first-order chi connectivity index (χ1) is 14.5. The van der Waals surface area contributed by atoms with Gasteiger partial charge in [0.2, 0.25) is 5.88 Å². The molecule has 0 radical (unpaired) electrons. The summed E-state index contributed by atoms with van der Waals surface area (Å²) in [5.41, 5.74) is 4.80. The largest absolute Gasteiger partial charge is 0.490 e. The lowest BCUT2D eigenvalue weighted by atomic mass is 9.97. The molecular weight excluding hydrogens is 378 g/mol. The van der Waals surface area contributed by atoms with E-state index in [0.29, 0.717) is 13.2 Å². The number of aryl methyl sites for hydroxylation is 3. The van der Waals surface area contributed by atoms with Crippen LogP contribution in [0, 0.1) is 13.8 Å². The van der Waals surface area contributed by atoms with E-state index in [9.17, 15) is 0 Å². The van der Waals surface area contributed by atoms with E-state index in [1.165, 1.54) is 36.6 Å². The molecule has 0 fully saturated rings. The molecule has 1 aromatic heterocycles. The first-order valence-corrected chi connectivity index (χ1v) is 10.6. The third kappa shape index (κ3) is 7.58. The number of hydrogen-bond donors (Lipinski definition) is 0. The van der Waals surface area contributed by atoms with Gasteiger partial charge in [0.15, 0.2) is 0 Å². The van der Waals surface area contributed by atoms with Crippen LogP contribution in [0.25, 0.3) is 0 Å². The van der Waals surface area contributed by atoms with Crippen molar-refractivity contribution in [2.75, 3.05) is 20.3 Å². The van der Waals surface area contributed by atoms with Crippen LogP contribution >= 0.6 is 0 Å². The zero-order chi connectivity index (χ0) is 21.8. The molecule has 0 unspecified atom stereocenters. The highest BCUT2D eigenvalue weighted by atomic mass is 16.6. The summed E-state index contributed by atoms with van der Waals surface area (Å²) in [6.07, 6.45) is 11.3. The van der Waals surface area contributed by atoms with Gasteiger partial charge in [0.25, 0.3) is 0 Å². The van der Waals surface area contributed by atoms with E-state index < -0.39 is 0 Å². The molecule has 0 aliphatic heterocycles. The number of nitrogens with zero attached hydrogens (tertiary/aromatic N) is 3. The van der Waals surface area contributed by atoms with E-state index in [1.54, 1.807) is 10.9 Å². The Morgan fingerprint density at radius 1 is 1.03 bits per heavy atom. The quantitative estimate of drug-likeness (QED) is 0.197. The van der Waals surface area contributed by atoms with Crippen molar-refractivity contribution < 1.29 is 14.3 Å². The van der Waals surface area contributed by atoms with Gasteiger partial charge in [-0.3, -0.25) is 0 Å². The molecule has 0 bridgehead atoms. The van der Waals surface area contributed by atoms with Crippen LogP contribution < -0.4 is 9.47 Å². The second-order valence-electron chi connectivity index (χ2n) is 7.38. The highest BCUT2D eigenvalue weighted by Gasteiger charge is 2.07. The van der Waals surface area contributed by atoms with Gasteiger partial charge in [0.1, 0.15) is 25.2 Å². The highest BCUT2D eigenvalue weighted by molar-refractivity contribution is 5.76. The van der Waals surface area contributed by atoms with Gasteiger partial charge in [-0.1, -0.05) is 30.1 Å². The molecule has 2 aromatic rings. The standard InChI is InChI=1S/C24H35N3O3/c1-6-7-13-29-22-15-19(2)23(20(3)16-22)12-10-8-9-11-14-30-24-17-21(18-25-28-5)26-27(24)4/h6-7,15-18H,8-14H2,1-5H3/b7-6+,25-18+. The Bertz CT molecular complexity index is 817. The predicted octanol–water partition coefficient (Wildman–Crippen LogP) is 5.15. The molecule has 0 saturated carbocycles. The van der Waals surface area contributed by atoms with Gasteiger partial charge in [-0.05, 0) is 68.9 Å². The van der Waals surface area contributed by atoms with Crippen LogP contribution in [0.2, 0.25) is 0 Å². The third-order valence-electron chi connectivity index (χ3n) is 4.97. The molecule has 0 spiro atoms. The minimum atomic E-state index is 0.623. The average molecular weight is 414 g/mol. The van der Waals surface area contributed by atoms with E-state index >= 15 is 0 Å². The third-order valence-corrected chi connectivity index (χ3v) is 4.97. The smallest absolute Gasteiger partial charge is 0.212 e. The Balaban J connectivity index is 1.68. The molecule has 6 nitrogen and oxygen atoms in total. The monoisotopic (exact) mass is 413 g/mol. The average Bonchev–Trinajstić information content (AvgIpc) is 3.07. The van der Waals surface area contributed by atoms with Crippen molar-refractivity contribution in [1.82, 2.24) is 9.78 Å². The summed E-state index contributed by atoms with van der Waals surface area (Å²) >= 11 is 0. The minimum absolute atomic E-state index is 0.623. The molecule has 0 amide bonds. The molecule has 164 valence electrons. The van der Waals surface area contributed by atoms with Gasteiger partial charge in [0.05, 0.1) is 12.8 Å². The van der Waals surface area contributed by atoms with Crippen molar-refractivity contribution in [3.63, 3.8) is 0 Å². The van der Waals surface area contributed by atoms with Gasteiger partial charge in [-0.2, -0.15) is 5.10 Å². The fourth-order valence-corrected chi connectivity index (χ4v) is 3.38. The summed E-state index contributed by atoms with van der Waals surface area (Å²) in [7, 11) is 3.37. The summed E-state index contributed by atoms with van der Waals surface area (Å²) in [6.45, 7) is 7.67. The topological polar surface area (TPSA) is 57.9 Å². The van der Waals surface area contributed by atoms with Crippen LogP contribution in [0.1, 0.15) is 55.0 Å². The van der Waals surface area contributed by atoms with E-state index in [1.807, 2.05) is 32.2 Å². The van der Waals surface area contributed by atoms with E-state index in [2.05, 4.69) is 41.1 Å². The van der Waals surface area contributed by atoms with Crippen molar-refractivity contribution in [1.29, 1.82) is 0 Å². The van der Waals surface area contributed by atoms with Crippen LogP contribution in [-0.4, -0.2) is 36.3 Å². The second-order valence-corrected chi connectivity index (χ2v) is 7.38. The Hall–Kier alpha value is -2.76. The zero-order valence-electron chi connectivity index (χ0n) is 19.0. The molecule has 1 heterocycles. The van der Waals surface area contributed by atoms with E-state index in [0.717, 1.165) is 36.6 Å². The zero-order valence-corrected chi connectivity index (χ0v) is 19.0. The summed E-state index contributed by atoms with van der Waals surface area (Å²) in [4.78, 5) is 4.67.